The molecular formula is C13H9F3N4O. The van der Waals surface area contributed by atoms with Crippen LogP contribution in [0.5, 0.6) is 0 Å². The lowest BCUT2D eigenvalue weighted by atomic mass is 10.1. The van der Waals surface area contributed by atoms with Gasteiger partial charge in [0.2, 0.25) is 0 Å². The van der Waals surface area contributed by atoms with E-state index in [4.69, 9.17) is 5.26 Å². The summed E-state index contributed by atoms with van der Waals surface area (Å²) in [5.41, 5.74) is 0.694. The van der Waals surface area contributed by atoms with E-state index in [0.717, 1.165) is 12.4 Å². The third kappa shape index (κ3) is 4.07. The van der Waals surface area contributed by atoms with Crippen molar-refractivity contribution < 1.29 is 18.0 Å². The van der Waals surface area contributed by atoms with Gasteiger partial charge in [0.25, 0.3) is 5.91 Å². The van der Waals surface area contributed by atoms with Crippen LogP contribution in [0.25, 0.3) is 0 Å². The standard InChI is InChI=1S/C13H9F3N4O/c14-13(15,16)8-20-7-11(6-18-20)19-12(21)10-3-1-2-9(4-10)5-17/h1-4,6-7H,8H2,(H,19,21). The molecule has 0 aliphatic rings. The van der Waals surface area contributed by atoms with Crippen LogP contribution in [0.1, 0.15) is 15.9 Å². The van der Waals surface area contributed by atoms with Crippen molar-refractivity contribution in [1.82, 2.24) is 9.78 Å². The predicted molar refractivity (Wildman–Crippen MR) is 67.4 cm³/mol. The van der Waals surface area contributed by atoms with Gasteiger partial charge in [-0.3, -0.25) is 9.48 Å². The highest BCUT2D eigenvalue weighted by molar-refractivity contribution is 6.04. The van der Waals surface area contributed by atoms with Gasteiger partial charge in [-0.15, -0.1) is 0 Å². The fourth-order valence-corrected chi connectivity index (χ4v) is 1.63. The van der Waals surface area contributed by atoms with Crippen LogP contribution in [0.4, 0.5) is 18.9 Å². The van der Waals surface area contributed by atoms with Crippen LogP contribution in [-0.2, 0) is 6.54 Å². The fourth-order valence-electron chi connectivity index (χ4n) is 1.63. The summed E-state index contributed by atoms with van der Waals surface area (Å²) in [6.07, 6.45) is -2.17. The molecule has 2 rings (SSSR count). The lowest BCUT2D eigenvalue weighted by molar-refractivity contribution is -0.142. The fraction of sp³-hybridized carbons (Fsp3) is 0.154. The van der Waals surface area contributed by atoms with Crippen molar-refractivity contribution in [2.45, 2.75) is 12.7 Å². The van der Waals surface area contributed by atoms with E-state index in [1.807, 2.05) is 6.07 Å². The molecule has 108 valence electrons. The molecule has 2 aromatic rings. The van der Waals surface area contributed by atoms with Crippen LogP contribution < -0.4 is 5.32 Å². The van der Waals surface area contributed by atoms with Crippen molar-refractivity contribution in [3.05, 3.63) is 47.8 Å². The van der Waals surface area contributed by atoms with Crippen molar-refractivity contribution >= 4 is 11.6 Å². The first-order valence-corrected chi connectivity index (χ1v) is 5.78. The maximum Gasteiger partial charge on any atom is 0.408 e. The number of halogens is 3. The summed E-state index contributed by atoms with van der Waals surface area (Å²) in [5.74, 6) is -0.529. The van der Waals surface area contributed by atoms with Crippen molar-refractivity contribution in [1.29, 1.82) is 5.26 Å². The van der Waals surface area contributed by atoms with Crippen LogP contribution in [-0.4, -0.2) is 21.9 Å². The molecule has 21 heavy (non-hydrogen) atoms. The molecule has 0 aliphatic heterocycles. The van der Waals surface area contributed by atoms with Gasteiger partial charge in [0.15, 0.2) is 0 Å². The summed E-state index contributed by atoms with van der Waals surface area (Å²) in [6.45, 7) is -1.23. The molecule has 0 unspecified atom stereocenters. The molecule has 1 N–H and O–H groups in total. The first-order valence-electron chi connectivity index (χ1n) is 5.78. The number of benzene rings is 1. The number of carbonyl (C=O) groups excluding carboxylic acids is 1. The molecule has 1 heterocycles. The minimum absolute atomic E-state index is 0.145. The number of nitrogens with zero attached hydrogens (tertiary/aromatic N) is 3. The first-order chi connectivity index (χ1) is 9.87. The monoisotopic (exact) mass is 294 g/mol. The van der Waals surface area contributed by atoms with Gasteiger partial charge in [0.05, 0.1) is 23.5 Å². The van der Waals surface area contributed by atoms with Gasteiger partial charge in [-0.1, -0.05) is 6.07 Å². The van der Waals surface area contributed by atoms with Crippen LogP contribution in [0, 0.1) is 11.3 Å². The highest BCUT2D eigenvalue weighted by atomic mass is 19.4. The minimum Gasteiger partial charge on any atom is -0.319 e. The summed E-state index contributed by atoms with van der Waals surface area (Å²) in [7, 11) is 0. The third-order valence-electron chi connectivity index (χ3n) is 2.49. The van der Waals surface area contributed by atoms with E-state index in [1.165, 1.54) is 18.2 Å². The molecular weight excluding hydrogens is 285 g/mol. The number of hydrogen-bond acceptors (Lipinski definition) is 3. The van der Waals surface area contributed by atoms with Crippen molar-refractivity contribution in [2.24, 2.45) is 0 Å². The van der Waals surface area contributed by atoms with Crippen molar-refractivity contribution in [2.75, 3.05) is 5.32 Å². The van der Waals surface area contributed by atoms with Gasteiger partial charge in [0.1, 0.15) is 6.54 Å². The Balaban J connectivity index is 2.08. The number of hydrogen-bond donors (Lipinski definition) is 1. The number of rotatable bonds is 3. The van der Waals surface area contributed by atoms with Gasteiger partial charge in [0, 0.05) is 11.8 Å². The molecule has 0 fully saturated rings. The largest absolute Gasteiger partial charge is 0.408 e. The number of aromatic nitrogens is 2. The van der Waals surface area contributed by atoms with E-state index >= 15 is 0 Å². The quantitative estimate of drug-likeness (QED) is 0.945. The average Bonchev–Trinajstić information content (AvgIpc) is 2.83. The zero-order chi connectivity index (χ0) is 15.5. The Morgan fingerprint density at radius 3 is 2.86 bits per heavy atom. The second-order valence-corrected chi connectivity index (χ2v) is 4.19. The molecule has 0 bridgehead atoms. The molecule has 1 aromatic heterocycles. The van der Waals surface area contributed by atoms with Gasteiger partial charge in [-0.05, 0) is 18.2 Å². The van der Waals surface area contributed by atoms with E-state index in [1.54, 1.807) is 6.07 Å². The second-order valence-electron chi connectivity index (χ2n) is 4.19. The normalized spacial score (nSPS) is 11.0. The second kappa shape index (κ2) is 5.66. The van der Waals surface area contributed by atoms with Gasteiger partial charge in [-0.25, -0.2) is 0 Å². The molecule has 1 aromatic carbocycles. The highest BCUT2D eigenvalue weighted by Crippen LogP contribution is 2.18. The van der Waals surface area contributed by atoms with Crippen LogP contribution >= 0.6 is 0 Å². The molecule has 0 saturated carbocycles. The van der Waals surface area contributed by atoms with E-state index in [-0.39, 0.29) is 11.3 Å². The van der Waals surface area contributed by atoms with Gasteiger partial charge < -0.3 is 5.32 Å². The smallest absolute Gasteiger partial charge is 0.319 e. The maximum atomic E-state index is 12.2. The third-order valence-corrected chi connectivity index (χ3v) is 2.49. The molecule has 0 atom stereocenters. The Kier molecular flexibility index (Phi) is 3.93. The number of nitriles is 1. The zero-order valence-corrected chi connectivity index (χ0v) is 10.6. The molecule has 0 spiro atoms. The zero-order valence-electron chi connectivity index (χ0n) is 10.6. The Bertz CT molecular complexity index is 700. The molecule has 0 aliphatic carbocycles. The predicted octanol–water partition coefficient (Wildman–Crippen LogP) is 2.57. The molecule has 8 heteroatoms. The van der Waals surface area contributed by atoms with E-state index in [0.29, 0.717) is 10.2 Å². The van der Waals surface area contributed by atoms with Crippen LogP contribution in [0.15, 0.2) is 36.7 Å². The first kappa shape index (κ1) is 14.6. The highest BCUT2D eigenvalue weighted by Gasteiger charge is 2.28. The van der Waals surface area contributed by atoms with E-state index in [9.17, 15) is 18.0 Å². The Morgan fingerprint density at radius 2 is 2.19 bits per heavy atom. The number of nitrogens with one attached hydrogen (secondary N) is 1. The average molecular weight is 294 g/mol. The Labute approximate surface area is 117 Å². The van der Waals surface area contributed by atoms with Crippen molar-refractivity contribution in [3.8, 4) is 6.07 Å². The topological polar surface area (TPSA) is 70.7 Å². The summed E-state index contributed by atoms with van der Waals surface area (Å²) < 4.78 is 37.2. The Morgan fingerprint density at radius 1 is 1.43 bits per heavy atom. The van der Waals surface area contributed by atoms with Crippen molar-refractivity contribution in [3.63, 3.8) is 0 Å². The number of carbonyl (C=O) groups is 1. The SMILES string of the molecule is N#Cc1cccc(C(=O)Nc2cnn(CC(F)(F)F)c2)c1. The molecule has 5 nitrogen and oxygen atoms in total. The molecule has 1 amide bonds. The van der Waals surface area contributed by atoms with Crippen LogP contribution in [0.2, 0.25) is 0 Å². The lowest BCUT2D eigenvalue weighted by Gasteiger charge is -2.05. The summed E-state index contributed by atoms with van der Waals surface area (Å²) in [5, 5.41) is 14.7. The molecule has 0 radical (unpaired) electrons. The van der Waals surface area contributed by atoms with Crippen LogP contribution in [0.3, 0.4) is 0 Å². The summed E-state index contributed by atoms with van der Waals surface area (Å²) in [6, 6.07) is 7.86. The molecule has 0 saturated heterocycles. The summed E-state index contributed by atoms with van der Waals surface area (Å²) in [4.78, 5) is 11.9. The van der Waals surface area contributed by atoms with Gasteiger partial charge >= 0.3 is 6.18 Å². The maximum absolute atomic E-state index is 12.2. The lowest BCUT2D eigenvalue weighted by Crippen LogP contribution is -2.18. The number of amides is 1. The Hall–Kier alpha value is -2.82. The van der Waals surface area contributed by atoms with E-state index < -0.39 is 18.6 Å². The minimum atomic E-state index is -4.38. The number of alkyl halides is 3. The number of anilines is 1. The summed E-state index contributed by atoms with van der Waals surface area (Å²) >= 11 is 0. The van der Waals surface area contributed by atoms with E-state index in [2.05, 4.69) is 10.4 Å². The van der Waals surface area contributed by atoms with Gasteiger partial charge in [-0.2, -0.15) is 23.5 Å².